The van der Waals surface area contributed by atoms with Crippen LogP contribution >= 0.6 is 0 Å². The molecule has 4 heteroatoms. The van der Waals surface area contributed by atoms with Gasteiger partial charge in [0, 0.05) is 6.04 Å². The molecule has 21 heavy (non-hydrogen) atoms. The smallest absolute Gasteiger partial charge is 0.313 e. The molecule has 0 bridgehead atoms. The minimum atomic E-state index is -4.31. The van der Waals surface area contributed by atoms with E-state index >= 15 is 0 Å². The lowest BCUT2D eigenvalue weighted by Crippen LogP contribution is -2.24. The molecule has 120 valence electrons. The second kappa shape index (κ2) is 6.82. The molecule has 1 rings (SSSR count). The predicted octanol–water partition coefficient (Wildman–Crippen LogP) is 5.43. The molecule has 0 saturated carbocycles. The summed E-state index contributed by atoms with van der Waals surface area (Å²) < 4.78 is 39.4. The highest BCUT2D eigenvalue weighted by Crippen LogP contribution is 2.37. The minimum absolute atomic E-state index is 0.182. The Kier molecular flexibility index (Phi) is 5.85. The average molecular weight is 301 g/mol. The maximum absolute atomic E-state index is 13.1. The molecule has 0 aromatic heterocycles. The Morgan fingerprint density at radius 2 is 1.67 bits per heavy atom. The highest BCUT2D eigenvalue weighted by atomic mass is 19.4. The minimum Gasteiger partial charge on any atom is -0.313 e. The van der Waals surface area contributed by atoms with Crippen molar-refractivity contribution in [3.63, 3.8) is 0 Å². The van der Waals surface area contributed by atoms with Gasteiger partial charge in [0.15, 0.2) is 0 Å². The molecule has 0 radical (unpaired) electrons. The van der Waals surface area contributed by atoms with Crippen LogP contribution in [0.25, 0.3) is 0 Å². The van der Waals surface area contributed by atoms with Gasteiger partial charge in [0.25, 0.3) is 0 Å². The number of rotatable bonds is 5. The van der Waals surface area contributed by atoms with Crippen LogP contribution in [0, 0.1) is 11.3 Å². The maximum atomic E-state index is 13.1. The lowest BCUT2D eigenvalue weighted by atomic mass is 9.81. The van der Waals surface area contributed by atoms with Gasteiger partial charge in [0.1, 0.15) is 0 Å². The third-order valence-electron chi connectivity index (χ3n) is 3.59. The van der Waals surface area contributed by atoms with E-state index in [1.807, 2.05) is 0 Å². The molecular weight excluding hydrogens is 275 g/mol. The zero-order valence-corrected chi connectivity index (χ0v) is 13.5. The summed E-state index contributed by atoms with van der Waals surface area (Å²) in [6, 6.07) is 5.57. The molecule has 1 N–H and O–H groups in total. The van der Waals surface area contributed by atoms with Crippen LogP contribution in [0.4, 0.5) is 13.2 Å². The van der Waals surface area contributed by atoms with Gasteiger partial charge in [-0.2, -0.15) is 13.2 Å². The van der Waals surface area contributed by atoms with Crippen LogP contribution in [0.5, 0.6) is 0 Å². The molecule has 0 fully saturated rings. The fourth-order valence-electron chi connectivity index (χ4n) is 2.99. The van der Waals surface area contributed by atoms with Crippen molar-refractivity contribution in [1.82, 2.24) is 5.32 Å². The summed E-state index contributed by atoms with van der Waals surface area (Å²) in [6.45, 7) is 8.57. The standard InChI is InChI=1S/C17H26F3N/c1-12(11-16(2,3)4)10-15(21-5)13-8-6-7-9-14(13)17(18,19)20/h6-9,12,15,21H,10-11H2,1-5H3. The molecular formula is C17H26F3N. The number of hydrogen-bond acceptors (Lipinski definition) is 1. The number of nitrogens with one attached hydrogen (secondary N) is 1. The normalized spacial score (nSPS) is 15.8. The summed E-state index contributed by atoms with van der Waals surface area (Å²) in [6.07, 6.45) is -2.63. The molecule has 0 spiro atoms. The molecule has 0 aliphatic heterocycles. The molecule has 2 unspecified atom stereocenters. The van der Waals surface area contributed by atoms with Crippen LogP contribution in [0.15, 0.2) is 24.3 Å². The van der Waals surface area contributed by atoms with E-state index in [0.717, 1.165) is 12.5 Å². The molecule has 1 aromatic carbocycles. The van der Waals surface area contributed by atoms with E-state index < -0.39 is 11.7 Å². The lowest BCUT2D eigenvalue weighted by Gasteiger charge is -2.28. The fraction of sp³-hybridized carbons (Fsp3) is 0.647. The first-order valence-corrected chi connectivity index (χ1v) is 7.38. The van der Waals surface area contributed by atoms with E-state index in [9.17, 15) is 13.2 Å². The van der Waals surface area contributed by atoms with Crippen molar-refractivity contribution in [2.45, 2.75) is 52.8 Å². The van der Waals surface area contributed by atoms with Gasteiger partial charge in [-0.15, -0.1) is 0 Å². The largest absolute Gasteiger partial charge is 0.416 e. The van der Waals surface area contributed by atoms with Crippen LogP contribution in [-0.2, 0) is 6.18 Å². The van der Waals surface area contributed by atoms with E-state index in [1.54, 1.807) is 19.2 Å². The molecule has 0 amide bonds. The number of benzene rings is 1. The van der Waals surface area contributed by atoms with Crippen molar-refractivity contribution in [2.24, 2.45) is 11.3 Å². The van der Waals surface area contributed by atoms with Crippen LogP contribution in [0.1, 0.15) is 57.7 Å². The quantitative estimate of drug-likeness (QED) is 0.765. The molecule has 0 aliphatic rings. The molecule has 0 heterocycles. The second-order valence-corrected chi connectivity index (χ2v) is 7.03. The summed E-state index contributed by atoms with van der Waals surface area (Å²) in [7, 11) is 1.72. The first-order valence-electron chi connectivity index (χ1n) is 7.38. The molecule has 1 aromatic rings. The SMILES string of the molecule is CNC(CC(C)CC(C)(C)C)c1ccccc1C(F)(F)F. The van der Waals surface area contributed by atoms with Gasteiger partial charge in [-0.25, -0.2) is 0 Å². The lowest BCUT2D eigenvalue weighted by molar-refractivity contribution is -0.138. The fourth-order valence-corrected chi connectivity index (χ4v) is 2.99. The molecule has 1 nitrogen and oxygen atoms in total. The third-order valence-corrected chi connectivity index (χ3v) is 3.59. The zero-order valence-electron chi connectivity index (χ0n) is 13.5. The van der Waals surface area contributed by atoms with Crippen LogP contribution in [0.3, 0.4) is 0 Å². The second-order valence-electron chi connectivity index (χ2n) is 7.03. The number of halogens is 3. The van der Waals surface area contributed by atoms with Gasteiger partial charge in [0.05, 0.1) is 5.56 Å². The summed E-state index contributed by atoms with van der Waals surface area (Å²) >= 11 is 0. The van der Waals surface area contributed by atoms with Crippen LogP contribution in [-0.4, -0.2) is 7.05 Å². The van der Waals surface area contributed by atoms with Crippen LogP contribution < -0.4 is 5.32 Å². The van der Waals surface area contributed by atoms with Crippen molar-refractivity contribution in [2.75, 3.05) is 7.05 Å². The van der Waals surface area contributed by atoms with Gasteiger partial charge in [-0.1, -0.05) is 45.9 Å². The Balaban J connectivity index is 2.96. The van der Waals surface area contributed by atoms with E-state index in [4.69, 9.17) is 0 Å². The van der Waals surface area contributed by atoms with Gasteiger partial charge in [-0.05, 0) is 42.9 Å². The third kappa shape index (κ3) is 5.70. The maximum Gasteiger partial charge on any atom is 0.416 e. The Bertz CT molecular complexity index is 446. The summed E-state index contributed by atoms with van der Waals surface area (Å²) in [5.74, 6) is 0.351. The highest BCUT2D eigenvalue weighted by molar-refractivity contribution is 5.32. The van der Waals surface area contributed by atoms with Crippen molar-refractivity contribution in [3.8, 4) is 0 Å². The number of alkyl halides is 3. The summed E-state index contributed by atoms with van der Waals surface area (Å²) in [4.78, 5) is 0. The first kappa shape index (κ1) is 18.0. The van der Waals surface area contributed by atoms with Crippen molar-refractivity contribution in [3.05, 3.63) is 35.4 Å². The van der Waals surface area contributed by atoms with Gasteiger partial charge < -0.3 is 5.32 Å². The van der Waals surface area contributed by atoms with E-state index in [0.29, 0.717) is 17.9 Å². The average Bonchev–Trinajstić information content (AvgIpc) is 2.32. The summed E-state index contributed by atoms with van der Waals surface area (Å²) in [5, 5.41) is 3.05. The number of hydrogen-bond donors (Lipinski definition) is 1. The summed E-state index contributed by atoms with van der Waals surface area (Å²) in [5.41, 5.74) is -0.0121. The Morgan fingerprint density at radius 3 is 2.14 bits per heavy atom. The molecule has 0 aliphatic carbocycles. The Labute approximate surface area is 125 Å². The van der Waals surface area contributed by atoms with E-state index in [-0.39, 0.29) is 11.5 Å². The van der Waals surface area contributed by atoms with Crippen molar-refractivity contribution < 1.29 is 13.2 Å². The Morgan fingerprint density at radius 1 is 1.10 bits per heavy atom. The zero-order chi connectivity index (χ0) is 16.3. The van der Waals surface area contributed by atoms with E-state index in [2.05, 4.69) is 33.0 Å². The monoisotopic (exact) mass is 301 g/mol. The van der Waals surface area contributed by atoms with Gasteiger partial charge in [0.2, 0.25) is 0 Å². The van der Waals surface area contributed by atoms with E-state index in [1.165, 1.54) is 6.07 Å². The predicted molar refractivity (Wildman–Crippen MR) is 81.1 cm³/mol. The molecule has 0 saturated heterocycles. The topological polar surface area (TPSA) is 12.0 Å². The highest BCUT2D eigenvalue weighted by Gasteiger charge is 2.35. The van der Waals surface area contributed by atoms with Crippen LogP contribution in [0.2, 0.25) is 0 Å². The van der Waals surface area contributed by atoms with Crippen molar-refractivity contribution in [1.29, 1.82) is 0 Å². The van der Waals surface area contributed by atoms with Gasteiger partial charge >= 0.3 is 6.18 Å². The van der Waals surface area contributed by atoms with Crippen molar-refractivity contribution >= 4 is 0 Å². The first-order chi connectivity index (χ1) is 9.54. The van der Waals surface area contributed by atoms with Gasteiger partial charge in [-0.3, -0.25) is 0 Å². The Hall–Kier alpha value is -1.03. The molecule has 2 atom stereocenters.